The molecule has 3 heterocycles. The lowest BCUT2D eigenvalue weighted by molar-refractivity contribution is 0.0620. The molecule has 24 heavy (non-hydrogen) atoms. The molecule has 1 saturated heterocycles. The van der Waals surface area contributed by atoms with Crippen molar-refractivity contribution in [1.82, 2.24) is 14.5 Å². The summed E-state index contributed by atoms with van der Waals surface area (Å²) in [5.74, 6) is 0.937. The first-order chi connectivity index (χ1) is 11.5. The molecule has 128 valence electrons. The molecule has 2 aromatic heterocycles. The van der Waals surface area contributed by atoms with Crippen LogP contribution in [0.1, 0.15) is 36.4 Å². The second kappa shape index (κ2) is 6.51. The van der Waals surface area contributed by atoms with Crippen LogP contribution in [0.25, 0.3) is 0 Å². The van der Waals surface area contributed by atoms with Crippen molar-refractivity contribution in [2.75, 3.05) is 13.1 Å². The number of aromatic amines is 1. The molecule has 0 aromatic carbocycles. The van der Waals surface area contributed by atoms with Gasteiger partial charge in [0.25, 0.3) is 11.5 Å². The molecule has 7 nitrogen and oxygen atoms in total. The van der Waals surface area contributed by atoms with Crippen molar-refractivity contribution in [3.05, 3.63) is 56.8 Å². The highest BCUT2D eigenvalue weighted by Gasteiger charge is 2.28. The lowest BCUT2D eigenvalue weighted by Gasteiger charge is -2.34. The first-order valence-corrected chi connectivity index (χ1v) is 8.10. The Bertz CT molecular complexity index is 824. The third-order valence-corrected chi connectivity index (χ3v) is 4.34. The van der Waals surface area contributed by atoms with Crippen LogP contribution in [0.15, 0.2) is 38.6 Å². The number of aromatic nitrogens is 2. The van der Waals surface area contributed by atoms with E-state index in [4.69, 9.17) is 4.42 Å². The maximum Gasteiger partial charge on any atom is 0.328 e. The van der Waals surface area contributed by atoms with Gasteiger partial charge >= 0.3 is 5.69 Å². The van der Waals surface area contributed by atoms with Crippen LogP contribution in [-0.2, 0) is 6.54 Å². The topological polar surface area (TPSA) is 88.3 Å². The summed E-state index contributed by atoms with van der Waals surface area (Å²) in [4.78, 5) is 41.5. The molecule has 0 bridgehead atoms. The van der Waals surface area contributed by atoms with Gasteiger partial charge in [-0.2, -0.15) is 0 Å². The standard InChI is InChI=1S/C17H21N3O4/c1-11-6-12(2)9-19(8-11)15(21)14-7-18-17(23)20(16(14)22)10-13-4-3-5-24-13/h3-5,7,11-12H,6,8-10H2,1-2H3,(H,18,23). The summed E-state index contributed by atoms with van der Waals surface area (Å²) in [6, 6.07) is 3.36. The van der Waals surface area contributed by atoms with Gasteiger partial charge in [0.05, 0.1) is 12.8 Å². The number of hydrogen-bond acceptors (Lipinski definition) is 4. The molecule has 1 aliphatic heterocycles. The molecule has 1 fully saturated rings. The predicted molar refractivity (Wildman–Crippen MR) is 88.0 cm³/mol. The number of likely N-dealkylation sites (tertiary alicyclic amines) is 1. The number of rotatable bonds is 3. The zero-order chi connectivity index (χ0) is 17.3. The summed E-state index contributed by atoms with van der Waals surface area (Å²) in [5, 5.41) is 0. The van der Waals surface area contributed by atoms with Crippen LogP contribution in [0, 0.1) is 11.8 Å². The zero-order valence-corrected chi connectivity index (χ0v) is 13.8. The largest absolute Gasteiger partial charge is 0.467 e. The Labute approximate surface area is 138 Å². The third-order valence-electron chi connectivity index (χ3n) is 4.34. The van der Waals surface area contributed by atoms with E-state index in [9.17, 15) is 14.4 Å². The highest BCUT2D eigenvalue weighted by molar-refractivity contribution is 5.93. The van der Waals surface area contributed by atoms with E-state index in [1.165, 1.54) is 12.5 Å². The van der Waals surface area contributed by atoms with E-state index in [1.807, 2.05) is 0 Å². The van der Waals surface area contributed by atoms with Crippen LogP contribution in [0.5, 0.6) is 0 Å². The van der Waals surface area contributed by atoms with E-state index in [-0.39, 0.29) is 18.0 Å². The molecule has 3 rings (SSSR count). The first kappa shape index (κ1) is 16.3. The minimum atomic E-state index is -0.592. The second-order valence-electron chi connectivity index (χ2n) is 6.63. The lowest BCUT2D eigenvalue weighted by atomic mass is 9.91. The monoisotopic (exact) mass is 331 g/mol. The average Bonchev–Trinajstić information content (AvgIpc) is 3.03. The molecule has 0 saturated carbocycles. The van der Waals surface area contributed by atoms with Gasteiger partial charge in [0.15, 0.2) is 0 Å². The Kier molecular flexibility index (Phi) is 4.42. The highest BCUT2D eigenvalue weighted by Crippen LogP contribution is 2.21. The number of H-pyrrole nitrogens is 1. The molecule has 2 unspecified atom stereocenters. The number of piperidine rings is 1. The maximum absolute atomic E-state index is 12.7. The minimum absolute atomic E-state index is 0.00487. The molecule has 0 radical (unpaired) electrons. The summed E-state index contributed by atoms with van der Waals surface area (Å²) >= 11 is 0. The van der Waals surface area contributed by atoms with Gasteiger partial charge in [0.2, 0.25) is 0 Å². The fourth-order valence-corrected chi connectivity index (χ4v) is 3.37. The summed E-state index contributed by atoms with van der Waals surface area (Å²) in [6.45, 7) is 5.44. The highest BCUT2D eigenvalue weighted by atomic mass is 16.3. The maximum atomic E-state index is 12.7. The predicted octanol–water partition coefficient (Wildman–Crippen LogP) is 1.30. The van der Waals surface area contributed by atoms with E-state index >= 15 is 0 Å². The minimum Gasteiger partial charge on any atom is -0.467 e. The first-order valence-electron chi connectivity index (χ1n) is 8.10. The van der Waals surface area contributed by atoms with Crippen molar-refractivity contribution in [3.8, 4) is 0 Å². The summed E-state index contributed by atoms with van der Waals surface area (Å²) in [7, 11) is 0. The summed E-state index contributed by atoms with van der Waals surface area (Å²) in [6.07, 6.45) is 3.76. The van der Waals surface area contributed by atoms with E-state index in [0.29, 0.717) is 30.7 Å². The third kappa shape index (κ3) is 3.20. The Balaban J connectivity index is 1.92. The van der Waals surface area contributed by atoms with Crippen LogP contribution < -0.4 is 11.2 Å². The summed E-state index contributed by atoms with van der Waals surface area (Å²) in [5.41, 5.74) is -1.16. The van der Waals surface area contributed by atoms with Crippen molar-refractivity contribution >= 4 is 5.91 Å². The molecule has 7 heteroatoms. The number of furan rings is 1. The number of carbonyl (C=O) groups excluding carboxylic acids is 1. The van der Waals surface area contributed by atoms with E-state index in [1.54, 1.807) is 17.0 Å². The van der Waals surface area contributed by atoms with Crippen LogP contribution in [0.4, 0.5) is 0 Å². The van der Waals surface area contributed by atoms with Gasteiger partial charge in [0.1, 0.15) is 11.3 Å². The van der Waals surface area contributed by atoms with Gasteiger partial charge in [-0.1, -0.05) is 13.8 Å². The van der Waals surface area contributed by atoms with Crippen LogP contribution >= 0.6 is 0 Å². The normalized spacial score (nSPS) is 21.0. The molecule has 2 atom stereocenters. The van der Waals surface area contributed by atoms with Crippen LogP contribution in [0.2, 0.25) is 0 Å². The van der Waals surface area contributed by atoms with E-state index < -0.39 is 11.2 Å². The fourth-order valence-electron chi connectivity index (χ4n) is 3.37. The van der Waals surface area contributed by atoms with Gasteiger partial charge in [-0.15, -0.1) is 0 Å². The van der Waals surface area contributed by atoms with Crippen LogP contribution in [-0.4, -0.2) is 33.4 Å². The second-order valence-corrected chi connectivity index (χ2v) is 6.63. The SMILES string of the molecule is CC1CC(C)CN(C(=O)c2c[nH]c(=O)n(Cc3ccco3)c2=O)C1. The van der Waals surface area contributed by atoms with Gasteiger partial charge in [0, 0.05) is 19.3 Å². The van der Waals surface area contributed by atoms with Gasteiger partial charge in [-0.3, -0.25) is 14.2 Å². The Hall–Kier alpha value is -2.57. The van der Waals surface area contributed by atoms with Crippen LogP contribution in [0.3, 0.4) is 0 Å². The number of nitrogens with zero attached hydrogens (tertiary/aromatic N) is 2. The Morgan fingerprint density at radius 2 is 2.00 bits per heavy atom. The number of nitrogens with one attached hydrogen (secondary N) is 1. The number of hydrogen-bond donors (Lipinski definition) is 1. The molecule has 2 aromatic rings. The quantitative estimate of drug-likeness (QED) is 0.918. The van der Waals surface area contributed by atoms with Crippen molar-refractivity contribution in [3.63, 3.8) is 0 Å². The molecule has 0 spiro atoms. The van der Waals surface area contributed by atoms with Crippen molar-refractivity contribution < 1.29 is 9.21 Å². The van der Waals surface area contributed by atoms with Crippen molar-refractivity contribution in [1.29, 1.82) is 0 Å². The van der Waals surface area contributed by atoms with E-state index in [0.717, 1.165) is 11.0 Å². The fraction of sp³-hybridized carbons (Fsp3) is 0.471. The average molecular weight is 331 g/mol. The summed E-state index contributed by atoms with van der Waals surface area (Å²) < 4.78 is 6.17. The molecule has 1 aliphatic rings. The van der Waals surface area contributed by atoms with Gasteiger partial charge < -0.3 is 14.3 Å². The smallest absolute Gasteiger partial charge is 0.328 e. The Morgan fingerprint density at radius 1 is 1.29 bits per heavy atom. The van der Waals surface area contributed by atoms with Gasteiger partial charge in [-0.05, 0) is 30.4 Å². The number of amides is 1. The Morgan fingerprint density at radius 3 is 2.62 bits per heavy atom. The lowest BCUT2D eigenvalue weighted by Crippen LogP contribution is -2.46. The molecule has 1 N–H and O–H groups in total. The molecule has 0 aliphatic carbocycles. The van der Waals surface area contributed by atoms with Crippen molar-refractivity contribution in [2.45, 2.75) is 26.8 Å². The number of carbonyl (C=O) groups is 1. The molecular weight excluding hydrogens is 310 g/mol. The molecule has 1 amide bonds. The van der Waals surface area contributed by atoms with E-state index in [2.05, 4.69) is 18.8 Å². The molecular formula is C17H21N3O4. The zero-order valence-electron chi connectivity index (χ0n) is 13.8. The van der Waals surface area contributed by atoms with Gasteiger partial charge in [-0.25, -0.2) is 4.79 Å². The van der Waals surface area contributed by atoms with Crippen molar-refractivity contribution in [2.24, 2.45) is 11.8 Å².